The quantitative estimate of drug-likeness (QED) is 0.451. The Labute approximate surface area is 195 Å². The van der Waals surface area contributed by atoms with Crippen molar-refractivity contribution in [3.63, 3.8) is 0 Å². The van der Waals surface area contributed by atoms with Crippen molar-refractivity contribution in [2.45, 2.75) is 18.0 Å². The summed E-state index contributed by atoms with van der Waals surface area (Å²) in [6.07, 6.45) is 1.47. The summed E-state index contributed by atoms with van der Waals surface area (Å²) in [6.45, 7) is -0.805. The molecule has 1 heterocycles. The number of amides is 2. The van der Waals surface area contributed by atoms with Gasteiger partial charge in [0.25, 0.3) is 0 Å². The summed E-state index contributed by atoms with van der Waals surface area (Å²) in [5, 5.41) is 3.04. The molecule has 2 N–H and O–H groups in total. The van der Waals surface area contributed by atoms with Gasteiger partial charge in [0.15, 0.2) is 0 Å². The molecule has 0 saturated heterocycles. The molecule has 8 nitrogen and oxygen atoms in total. The number of rotatable bonds is 10. The zero-order valence-corrected chi connectivity index (χ0v) is 18.9. The number of nitrogens with one attached hydrogen (secondary N) is 2. The van der Waals surface area contributed by atoms with E-state index in [9.17, 15) is 22.4 Å². The van der Waals surface area contributed by atoms with Crippen molar-refractivity contribution in [1.29, 1.82) is 0 Å². The third-order valence-electron chi connectivity index (χ3n) is 4.58. The van der Waals surface area contributed by atoms with E-state index in [1.807, 2.05) is 0 Å². The van der Waals surface area contributed by atoms with Gasteiger partial charge >= 0.3 is 0 Å². The maximum Gasteiger partial charge on any atom is 0.241 e. The van der Waals surface area contributed by atoms with Gasteiger partial charge in [-0.05, 0) is 48.0 Å². The fourth-order valence-electron chi connectivity index (χ4n) is 2.86. The Bertz CT molecular complexity index is 1200. The molecular formula is C22H21ClFN3O5S. The smallest absolute Gasteiger partial charge is 0.241 e. The van der Waals surface area contributed by atoms with E-state index >= 15 is 0 Å². The van der Waals surface area contributed by atoms with Crippen LogP contribution in [0.15, 0.2) is 76.2 Å². The summed E-state index contributed by atoms with van der Waals surface area (Å²) >= 11 is 6.19. The van der Waals surface area contributed by atoms with Crippen LogP contribution in [-0.2, 0) is 32.7 Å². The average Bonchev–Trinajstić information content (AvgIpc) is 3.31. The summed E-state index contributed by atoms with van der Waals surface area (Å²) in [6, 6.07) is 14.4. The average molecular weight is 494 g/mol. The molecule has 2 amide bonds. The SMILES string of the molecule is O=C(CN(Cc1ccccc1Cl)C(=O)CNS(=O)(=O)c1ccc(F)cc1)NCc1ccco1. The van der Waals surface area contributed by atoms with Gasteiger partial charge in [-0.15, -0.1) is 0 Å². The van der Waals surface area contributed by atoms with Crippen LogP contribution in [0.4, 0.5) is 4.39 Å². The zero-order chi connectivity index (χ0) is 23.8. The number of sulfonamides is 1. The molecule has 0 saturated carbocycles. The number of furan rings is 1. The lowest BCUT2D eigenvalue weighted by molar-refractivity contribution is -0.135. The second-order valence-electron chi connectivity index (χ2n) is 6.98. The van der Waals surface area contributed by atoms with Crippen LogP contribution in [0.25, 0.3) is 0 Å². The third kappa shape index (κ3) is 7.14. The maximum atomic E-state index is 13.1. The molecule has 2 aromatic carbocycles. The first kappa shape index (κ1) is 24.4. The van der Waals surface area contributed by atoms with E-state index in [0.717, 1.165) is 24.3 Å². The first-order valence-electron chi connectivity index (χ1n) is 9.80. The number of hydrogen-bond donors (Lipinski definition) is 2. The molecule has 0 bridgehead atoms. The van der Waals surface area contributed by atoms with Crippen LogP contribution < -0.4 is 10.0 Å². The first-order valence-corrected chi connectivity index (χ1v) is 11.7. The van der Waals surface area contributed by atoms with Crippen LogP contribution in [0.5, 0.6) is 0 Å². The summed E-state index contributed by atoms with van der Waals surface area (Å²) in [5.74, 6) is -1.15. The zero-order valence-electron chi connectivity index (χ0n) is 17.3. The highest BCUT2D eigenvalue weighted by atomic mass is 35.5. The van der Waals surface area contributed by atoms with E-state index in [2.05, 4.69) is 10.0 Å². The molecule has 0 fully saturated rings. The maximum absolute atomic E-state index is 13.1. The minimum atomic E-state index is -4.06. The van der Waals surface area contributed by atoms with Crippen LogP contribution in [0.2, 0.25) is 5.02 Å². The van der Waals surface area contributed by atoms with Crippen molar-refractivity contribution in [1.82, 2.24) is 14.9 Å². The topological polar surface area (TPSA) is 109 Å². The third-order valence-corrected chi connectivity index (χ3v) is 6.37. The monoisotopic (exact) mass is 493 g/mol. The van der Waals surface area contributed by atoms with Crippen LogP contribution >= 0.6 is 11.6 Å². The lowest BCUT2D eigenvalue weighted by Gasteiger charge is -2.23. The van der Waals surface area contributed by atoms with Crippen molar-refractivity contribution in [3.8, 4) is 0 Å². The number of carbonyl (C=O) groups is 2. The fraction of sp³-hybridized carbons (Fsp3) is 0.182. The molecular weight excluding hydrogens is 473 g/mol. The van der Waals surface area contributed by atoms with Crippen molar-refractivity contribution in [2.24, 2.45) is 0 Å². The summed E-state index contributed by atoms with van der Waals surface area (Å²) in [4.78, 5) is 26.3. The van der Waals surface area contributed by atoms with Gasteiger partial charge in [-0.2, -0.15) is 0 Å². The second kappa shape index (κ2) is 11.1. The molecule has 0 spiro atoms. The molecule has 174 valence electrons. The van der Waals surface area contributed by atoms with Gasteiger partial charge in [-0.25, -0.2) is 17.5 Å². The van der Waals surface area contributed by atoms with Gasteiger partial charge in [-0.1, -0.05) is 29.8 Å². The van der Waals surface area contributed by atoms with Crippen LogP contribution in [0.1, 0.15) is 11.3 Å². The molecule has 11 heteroatoms. The summed E-state index contributed by atoms with van der Waals surface area (Å²) in [7, 11) is -4.06. The largest absolute Gasteiger partial charge is 0.467 e. The van der Waals surface area contributed by atoms with Crippen LogP contribution in [0.3, 0.4) is 0 Å². The van der Waals surface area contributed by atoms with Crippen molar-refractivity contribution >= 4 is 33.4 Å². The number of hydrogen-bond acceptors (Lipinski definition) is 5. The minimum absolute atomic E-state index is 0.00897. The lowest BCUT2D eigenvalue weighted by atomic mass is 10.2. The highest BCUT2D eigenvalue weighted by Gasteiger charge is 2.22. The van der Waals surface area contributed by atoms with Gasteiger partial charge in [0.05, 0.1) is 30.8 Å². The molecule has 0 aliphatic carbocycles. The normalized spacial score (nSPS) is 11.2. The van der Waals surface area contributed by atoms with E-state index in [4.69, 9.17) is 16.0 Å². The van der Waals surface area contributed by atoms with Crippen LogP contribution in [0, 0.1) is 5.82 Å². The Morgan fingerprint density at radius 1 is 1.03 bits per heavy atom. The summed E-state index contributed by atoms with van der Waals surface area (Å²) < 4.78 is 45.3. The first-order chi connectivity index (χ1) is 15.7. The van der Waals surface area contributed by atoms with E-state index in [0.29, 0.717) is 16.3 Å². The van der Waals surface area contributed by atoms with E-state index < -0.39 is 34.2 Å². The standard InChI is InChI=1S/C22H21ClFN3O5S/c23-20-6-2-1-4-16(20)14-27(15-21(28)25-12-18-5-3-11-32-18)22(29)13-26-33(30,31)19-9-7-17(24)8-10-19/h1-11,26H,12-15H2,(H,25,28). The molecule has 0 atom stereocenters. The number of nitrogens with zero attached hydrogens (tertiary/aromatic N) is 1. The highest BCUT2D eigenvalue weighted by Crippen LogP contribution is 2.17. The highest BCUT2D eigenvalue weighted by molar-refractivity contribution is 7.89. The number of halogens is 2. The molecule has 1 aromatic heterocycles. The van der Waals surface area contributed by atoms with E-state index in [-0.39, 0.29) is 24.5 Å². The Kier molecular flexibility index (Phi) is 8.21. The van der Waals surface area contributed by atoms with Gasteiger partial charge in [0.2, 0.25) is 21.8 Å². The molecule has 0 aliphatic rings. The van der Waals surface area contributed by atoms with Gasteiger partial charge < -0.3 is 14.6 Å². The van der Waals surface area contributed by atoms with Gasteiger partial charge in [-0.3, -0.25) is 9.59 Å². The summed E-state index contributed by atoms with van der Waals surface area (Å²) in [5.41, 5.74) is 0.591. The van der Waals surface area contributed by atoms with Gasteiger partial charge in [0, 0.05) is 11.6 Å². The molecule has 3 aromatic rings. The molecule has 33 heavy (non-hydrogen) atoms. The molecule has 0 aliphatic heterocycles. The Morgan fingerprint density at radius 3 is 2.42 bits per heavy atom. The van der Waals surface area contributed by atoms with Gasteiger partial charge in [0.1, 0.15) is 11.6 Å². The van der Waals surface area contributed by atoms with E-state index in [1.165, 1.54) is 11.2 Å². The van der Waals surface area contributed by atoms with Crippen LogP contribution in [-0.4, -0.2) is 38.2 Å². The fourth-order valence-corrected chi connectivity index (χ4v) is 4.03. The lowest BCUT2D eigenvalue weighted by Crippen LogP contribution is -2.44. The molecule has 0 unspecified atom stereocenters. The minimum Gasteiger partial charge on any atom is -0.467 e. The van der Waals surface area contributed by atoms with Crippen molar-refractivity contribution < 1.29 is 26.8 Å². The Balaban J connectivity index is 1.68. The molecule has 0 radical (unpaired) electrons. The van der Waals surface area contributed by atoms with Crippen molar-refractivity contribution in [2.75, 3.05) is 13.1 Å². The van der Waals surface area contributed by atoms with E-state index in [1.54, 1.807) is 36.4 Å². The second-order valence-corrected chi connectivity index (χ2v) is 9.15. The Hall–Kier alpha value is -3.21. The number of carbonyl (C=O) groups excluding carboxylic acids is 2. The Morgan fingerprint density at radius 2 is 1.76 bits per heavy atom. The van der Waals surface area contributed by atoms with Crippen molar-refractivity contribution in [3.05, 3.63) is 89.1 Å². The number of benzene rings is 2. The predicted molar refractivity (Wildman–Crippen MR) is 119 cm³/mol. The molecule has 3 rings (SSSR count). The predicted octanol–water partition coefficient (Wildman–Crippen LogP) is 2.70.